The summed E-state index contributed by atoms with van der Waals surface area (Å²) in [6.45, 7) is 0. The van der Waals surface area contributed by atoms with Gasteiger partial charge in [0.25, 0.3) is 0 Å². The molecule has 3 rings (SSSR count). The smallest absolute Gasteiger partial charge is 0.234 e. The number of benzene rings is 2. The first-order chi connectivity index (χ1) is 14.7. The van der Waals surface area contributed by atoms with E-state index in [0.717, 1.165) is 0 Å². The Kier molecular flexibility index (Phi) is 8.07. The fourth-order valence-electron chi connectivity index (χ4n) is 2.45. The van der Waals surface area contributed by atoms with Crippen LogP contribution in [0.5, 0.6) is 0 Å². The third-order valence-electron chi connectivity index (χ3n) is 3.98. The highest BCUT2D eigenvalue weighted by atomic mass is 35.5. The Hall–Kier alpha value is -1.97. The zero-order valence-electron chi connectivity index (χ0n) is 16.0. The molecule has 0 bridgehead atoms. The third-order valence-corrected chi connectivity index (χ3v) is 6.29. The molecule has 0 aliphatic carbocycles. The molecule has 0 aliphatic heterocycles. The molecule has 0 atom stereocenters. The van der Waals surface area contributed by atoms with Crippen LogP contribution < -0.4 is 10.6 Å². The van der Waals surface area contributed by atoms with Crippen LogP contribution in [0.25, 0.3) is 0 Å². The van der Waals surface area contributed by atoms with Crippen molar-refractivity contribution in [1.82, 2.24) is 14.8 Å². The topological polar surface area (TPSA) is 88.9 Å². The fraction of sp³-hybridized carbons (Fsp3) is 0.158. The Labute approximate surface area is 202 Å². The lowest BCUT2D eigenvalue weighted by Crippen LogP contribution is -2.17. The van der Waals surface area contributed by atoms with E-state index >= 15 is 0 Å². The van der Waals surface area contributed by atoms with Crippen LogP contribution in [0.3, 0.4) is 0 Å². The van der Waals surface area contributed by atoms with Crippen molar-refractivity contribution >= 4 is 81.4 Å². The van der Waals surface area contributed by atoms with Gasteiger partial charge in [-0.3, -0.25) is 9.59 Å². The minimum absolute atomic E-state index is 0.00309. The van der Waals surface area contributed by atoms with Crippen LogP contribution in [0.4, 0.5) is 11.4 Å². The lowest BCUT2D eigenvalue weighted by molar-refractivity contribution is -0.116. The van der Waals surface area contributed by atoms with E-state index in [1.54, 1.807) is 48.0 Å². The summed E-state index contributed by atoms with van der Waals surface area (Å²) in [4.78, 5) is 24.5. The van der Waals surface area contributed by atoms with Crippen molar-refractivity contribution in [2.45, 2.75) is 11.6 Å². The number of hydrogen-bond donors (Lipinski definition) is 2. The van der Waals surface area contributed by atoms with E-state index in [1.165, 1.54) is 11.8 Å². The second-order valence-electron chi connectivity index (χ2n) is 6.27. The molecule has 0 unspecified atom stereocenters. The number of hydrogen-bond acceptors (Lipinski definition) is 5. The van der Waals surface area contributed by atoms with Crippen LogP contribution in [0.1, 0.15) is 5.82 Å². The van der Waals surface area contributed by atoms with Crippen LogP contribution in [-0.4, -0.2) is 32.3 Å². The molecule has 0 spiro atoms. The highest BCUT2D eigenvalue weighted by molar-refractivity contribution is 7.99. The molecule has 2 amide bonds. The highest BCUT2D eigenvalue weighted by Crippen LogP contribution is 2.26. The summed E-state index contributed by atoms with van der Waals surface area (Å²) in [6, 6.07) is 9.61. The van der Waals surface area contributed by atoms with E-state index in [2.05, 4.69) is 20.8 Å². The summed E-state index contributed by atoms with van der Waals surface area (Å²) in [5, 5.41) is 15.6. The molecule has 2 N–H and O–H groups in total. The van der Waals surface area contributed by atoms with Crippen LogP contribution in [0.2, 0.25) is 20.1 Å². The molecule has 0 radical (unpaired) electrons. The fourth-order valence-corrected chi connectivity index (χ4v) is 3.94. The van der Waals surface area contributed by atoms with Gasteiger partial charge in [-0.25, -0.2) is 0 Å². The average Bonchev–Trinajstić information content (AvgIpc) is 3.05. The van der Waals surface area contributed by atoms with Gasteiger partial charge in [0, 0.05) is 17.8 Å². The first-order valence-electron chi connectivity index (χ1n) is 8.74. The molecule has 31 heavy (non-hydrogen) atoms. The highest BCUT2D eigenvalue weighted by Gasteiger charge is 2.15. The number of carbonyl (C=O) groups excluding carboxylic acids is 2. The van der Waals surface area contributed by atoms with E-state index in [4.69, 9.17) is 46.4 Å². The number of nitrogens with zero attached hydrogens (tertiary/aromatic N) is 3. The lowest BCUT2D eigenvalue weighted by atomic mass is 10.3. The minimum atomic E-state index is -0.291. The monoisotopic (exact) mass is 517 g/mol. The largest absolute Gasteiger partial charge is 0.326 e. The summed E-state index contributed by atoms with van der Waals surface area (Å²) in [6.07, 6.45) is -0.00309. The minimum Gasteiger partial charge on any atom is -0.326 e. The molecule has 162 valence electrons. The van der Waals surface area contributed by atoms with Gasteiger partial charge in [-0.2, -0.15) is 0 Å². The van der Waals surface area contributed by atoms with Gasteiger partial charge in [-0.1, -0.05) is 58.2 Å². The molecule has 0 fully saturated rings. The maximum Gasteiger partial charge on any atom is 0.234 e. The summed E-state index contributed by atoms with van der Waals surface area (Å²) in [7, 11) is 1.72. The summed E-state index contributed by atoms with van der Waals surface area (Å²) >= 11 is 24.9. The van der Waals surface area contributed by atoms with Crippen molar-refractivity contribution in [1.29, 1.82) is 0 Å². The van der Waals surface area contributed by atoms with Gasteiger partial charge >= 0.3 is 0 Å². The number of carbonyl (C=O) groups is 2. The molecule has 0 aliphatic rings. The second-order valence-corrected chi connectivity index (χ2v) is 8.87. The Morgan fingerprint density at radius 2 is 1.71 bits per heavy atom. The summed E-state index contributed by atoms with van der Waals surface area (Å²) < 4.78 is 1.65. The zero-order chi connectivity index (χ0) is 22.5. The molecule has 2 aromatic carbocycles. The number of anilines is 2. The molecule has 1 aromatic heterocycles. The van der Waals surface area contributed by atoms with Crippen molar-refractivity contribution < 1.29 is 9.59 Å². The Balaban J connectivity index is 1.55. The maximum atomic E-state index is 12.3. The van der Waals surface area contributed by atoms with Crippen molar-refractivity contribution in [3.63, 3.8) is 0 Å². The van der Waals surface area contributed by atoms with Crippen LogP contribution in [0.15, 0.2) is 41.6 Å². The van der Waals surface area contributed by atoms with Gasteiger partial charge < -0.3 is 15.2 Å². The van der Waals surface area contributed by atoms with Crippen molar-refractivity contribution in [3.8, 4) is 0 Å². The quantitative estimate of drug-likeness (QED) is 0.412. The zero-order valence-corrected chi connectivity index (χ0v) is 19.8. The van der Waals surface area contributed by atoms with Crippen LogP contribution >= 0.6 is 58.2 Å². The average molecular weight is 519 g/mol. The molecule has 0 saturated heterocycles. The Bertz CT molecular complexity index is 1140. The SMILES string of the molecule is Cn1c(CC(=O)Nc2ccc(Cl)c(Cl)c2)nnc1SCC(=O)Nc1ccc(Cl)cc1Cl. The number of thioether (sulfide) groups is 1. The molecule has 1 heterocycles. The predicted molar refractivity (Wildman–Crippen MR) is 126 cm³/mol. The standard InChI is InChI=1S/C19H15Cl4N5O2S/c1-28-16(8-17(29)24-11-3-4-12(21)13(22)7-11)26-27-19(28)31-9-18(30)25-15-5-2-10(20)6-14(15)23/h2-7H,8-9H2,1H3,(H,24,29)(H,25,30). The van der Waals surface area contributed by atoms with Crippen molar-refractivity contribution in [2.75, 3.05) is 16.4 Å². The lowest BCUT2D eigenvalue weighted by Gasteiger charge is -2.08. The summed E-state index contributed by atoms with van der Waals surface area (Å²) in [5.74, 6) is -0.0293. The van der Waals surface area contributed by atoms with E-state index in [0.29, 0.717) is 42.4 Å². The van der Waals surface area contributed by atoms with E-state index in [9.17, 15) is 9.59 Å². The maximum absolute atomic E-state index is 12.3. The van der Waals surface area contributed by atoms with Gasteiger partial charge in [0.05, 0.1) is 32.9 Å². The number of rotatable bonds is 7. The third kappa shape index (κ3) is 6.51. The van der Waals surface area contributed by atoms with E-state index in [-0.39, 0.29) is 24.0 Å². The normalized spacial score (nSPS) is 10.7. The molecule has 0 saturated carbocycles. The number of amides is 2. The van der Waals surface area contributed by atoms with Crippen LogP contribution in [-0.2, 0) is 23.1 Å². The molecule has 7 nitrogen and oxygen atoms in total. The predicted octanol–water partition coefficient (Wildman–Crippen LogP) is 5.34. The van der Waals surface area contributed by atoms with Crippen LogP contribution in [0, 0.1) is 0 Å². The Morgan fingerprint density at radius 3 is 2.42 bits per heavy atom. The number of nitrogens with one attached hydrogen (secondary N) is 2. The van der Waals surface area contributed by atoms with Gasteiger partial charge in [-0.05, 0) is 36.4 Å². The van der Waals surface area contributed by atoms with E-state index < -0.39 is 0 Å². The first kappa shape index (κ1) is 23.7. The van der Waals surface area contributed by atoms with E-state index in [1.807, 2.05) is 0 Å². The van der Waals surface area contributed by atoms with Crippen molar-refractivity contribution in [2.24, 2.45) is 7.05 Å². The number of halogens is 4. The van der Waals surface area contributed by atoms with Gasteiger partial charge in [-0.15, -0.1) is 10.2 Å². The molecule has 12 heteroatoms. The first-order valence-corrected chi connectivity index (χ1v) is 11.2. The van der Waals surface area contributed by atoms with Crippen molar-refractivity contribution in [3.05, 3.63) is 62.3 Å². The second kappa shape index (κ2) is 10.6. The molecule has 3 aromatic rings. The van der Waals surface area contributed by atoms with Gasteiger partial charge in [0.2, 0.25) is 11.8 Å². The molecular formula is C19H15Cl4N5O2S. The summed E-state index contributed by atoms with van der Waals surface area (Å²) in [5.41, 5.74) is 0.989. The van der Waals surface area contributed by atoms with Gasteiger partial charge in [0.15, 0.2) is 5.16 Å². The number of aromatic nitrogens is 3. The Morgan fingerprint density at radius 1 is 0.935 bits per heavy atom. The van der Waals surface area contributed by atoms with Gasteiger partial charge in [0.1, 0.15) is 5.82 Å². The molecular weight excluding hydrogens is 504 g/mol.